The van der Waals surface area contributed by atoms with Crippen molar-refractivity contribution < 1.29 is 19.1 Å². The maximum Gasteiger partial charge on any atom is 0.341 e. The molecular weight excluding hydrogens is 344 g/mol. The highest BCUT2D eigenvalue weighted by Gasteiger charge is 2.29. The molecule has 12 nitrogen and oxygen atoms in total. The fourth-order valence-electron chi connectivity index (χ4n) is 2.67. The highest BCUT2D eigenvalue weighted by Crippen LogP contribution is 2.20. The molecule has 0 saturated heterocycles. The Labute approximate surface area is 145 Å². The standard InChI is InChI=1S/C14H12N8O4/c1-26-14(25)7-6-17-21-4-2-15-11(9(7)21)18-12(23)8-10-13(24)16-3-5-22(10)20-19-8/h2,4,6H,3,5H2,1H3,(H,16,24)(H,15,18,23). The molecule has 4 heterocycles. The Hall–Kier alpha value is -3.83. The zero-order chi connectivity index (χ0) is 18.3. The number of esters is 1. The number of aromatic nitrogens is 6. The molecule has 0 aromatic carbocycles. The van der Waals surface area contributed by atoms with Gasteiger partial charge in [0.05, 0.1) is 19.9 Å². The van der Waals surface area contributed by atoms with Crippen molar-refractivity contribution in [3.05, 3.63) is 35.5 Å². The minimum absolute atomic E-state index is 0.0717. The molecule has 0 spiro atoms. The van der Waals surface area contributed by atoms with Crippen molar-refractivity contribution in [1.29, 1.82) is 0 Å². The van der Waals surface area contributed by atoms with Gasteiger partial charge in [0, 0.05) is 18.9 Å². The molecule has 0 unspecified atom stereocenters. The Balaban J connectivity index is 1.73. The van der Waals surface area contributed by atoms with Gasteiger partial charge in [-0.05, 0) is 0 Å². The zero-order valence-electron chi connectivity index (χ0n) is 13.5. The summed E-state index contributed by atoms with van der Waals surface area (Å²) in [6.07, 6.45) is 4.24. The minimum Gasteiger partial charge on any atom is -0.465 e. The largest absolute Gasteiger partial charge is 0.465 e. The van der Waals surface area contributed by atoms with Gasteiger partial charge in [0.25, 0.3) is 11.8 Å². The quantitative estimate of drug-likeness (QED) is 0.574. The number of rotatable bonds is 3. The fourth-order valence-corrected chi connectivity index (χ4v) is 2.67. The predicted octanol–water partition coefficient (Wildman–Crippen LogP) is -0.897. The molecule has 0 atom stereocenters. The van der Waals surface area contributed by atoms with Gasteiger partial charge in [-0.2, -0.15) is 5.10 Å². The fraction of sp³-hybridized carbons (Fsp3) is 0.214. The molecule has 2 amide bonds. The van der Waals surface area contributed by atoms with Gasteiger partial charge in [-0.3, -0.25) is 9.59 Å². The van der Waals surface area contributed by atoms with Gasteiger partial charge in [-0.25, -0.2) is 19.0 Å². The number of anilines is 1. The number of hydrogen-bond donors (Lipinski definition) is 2. The van der Waals surface area contributed by atoms with Gasteiger partial charge in [0.2, 0.25) is 0 Å². The van der Waals surface area contributed by atoms with Gasteiger partial charge in [0.15, 0.2) is 17.2 Å². The normalized spacial score (nSPS) is 13.2. The van der Waals surface area contributed by atoms with E-state index in [1.54, 1.807) is 0 Å². The average Bonchev–Trinajstić information content (AvgIpc) is 3.26. The number of carbonyl (C=O) groups excluding carboxylic acids is 3. The molecule has 2 N–H and O–H groups in total. The molecule has 3 aromatic rings. The molecule has 0 saturated carbocycles. The molecule has 4 rings (SSSR count). The summed E-state index contributed by atoms with van der Waals surface area (Å²) in [4.78, 5) is 40.6. The third kappa shape index (κ3) is 2.35. The van der Waals surface area contributed by atoms with Crippen LogP contribution >= 0.6 is 0 Å². The van der Waals surface area contributed by atoms with Gasteiger partial charge in [-0.1, -0.05) is 5.21 Å². The van der Waals surface area contributed by atoms with Crippen LogP contribution in [0.15, 0.2) is 18.6 Å². The summed E-state index contributed by atoms with van der Waals surface area (Å²) in [6.45, 7) is 0.833. The van der Waals surface area contributed by atoms with E-state index in [9.17, 15) is 14.4 Å². The van der Waals surface area contributed by atoms with Gasteiger partial charge in [-0.15, -0.1) is 5.10 Å². The lowest BCUT2D eigenvalue weighted by atomic mass is 10.2. The van der Waals surface area contributed by atoms with E-state index in [1.165, 1.54) is 34.9 Å². The molecule has 0 radical (unpaired) electrons. The highest BCUT2D eigenvalue weighted by molar-refractivity contribution is 6.12. The van der Waals surface area contributed by atoms with Crippen molar-refractivity contribution in [3.8, 4) is 0 Å². The summed E-state index contributed by atoms with van der Waals surface area (Å²) in [5, 5.41) is 16.8. The van der Waals surface area contributed by atoms with Crippen molar-refractivity contribution in [2.45, 2.75) is 6.54 Å². The number of ether oxygens (including phenoxy) is 1. The van der Waals surface area contributed by atoms with Crippen LogP contribution in [0.5, 0.6) is 0 Å². The summed E-state index contributed by atoms with van der Waals surface area (Å²) in [5.41, 5.74) is 0.337. The Bertz CT molecular complexity index is 1050. The minimum atomic E-state index is -0.680. The first-order valence-electron chi connectivity index (χ1n) is 7.54. The maximum absolute atomic E-state index is 12.6. The third-order valence-corrected chi connectivity index (χ3v) is 3.84. The molecule has 26 heavy (non-hydrogen) atoms. The van der Waals surface area contributed by atoms with E-state index in [4.69, 9.17) is 4.74 Å². The number of carbonyl (C=O) groups is 3. The van der Waals surface area contributed by atoms with E-state index in [-0.39, 0.29) is 28.3 Å². The molecule has 1 aliphatic heterocycles. The Morgan fingerprint density at radius 1 is 1.38 bits per heavy atom. The summed E-state index contributed by atoms with van der Waals surface area (Å²) in [6, 6.07) is 0. The van der Waals surface area contributed by atoms with Crippen LogP contribution in [-0.4, -0.2) is 61.0 Å². The number of nitrogens with zero attached hydrogens (tertiary/aromatic N) is 6. The van der Waals surface area contributed by atoms with Crippen molar-refractivity contribution in [3.63, 3.8) is 0 Å². The van der Waals surface area contributed by atoms with Crippen LogP contribution in [0.2, 0.25) is 0 Å². The van der Waals surface area contributed by atoms with E-state index < -0.39 is 17.8 Å². The highest BCUT2D eigenvalue weighted by atomic mass is 16.5. The lowest BCUT2D eigenvalue weighted by Crippen LogP contribution is -2.37. The van der Waals surface area contributed by atoms with Crippen molar-refractivity contribution in [1.82, 2.24) is 34.9 Å². The second kappa shape index (κ2) is 5.91. The van der Waals surface area contributed by atoms with Crippen LogP contribution in [-0.2, 0) is 11.3 Å². The van der Waals surface area contributed by atoms with Crippen LogP contribution in [0, 0.1) is 0 Å². The smallest absolute Gasteiger partial charge is 0.341 e. The topological polar surface area (TPSA) is 145 Å². The zero-order valence-corrected chi connectivity index (χ0v) is 13.5. The summed E-state index contributed by atoms with van der Waals surface area (Å²) >= 11 is 0. The second-order valence-corrected chi connectivity index (χ2v) is 5.34. The first kappa shape index (κ1) is 15.7. The van der Waals surface area contributed by atoms with Gasteiger partial charge < -0.3 is 15.4 Å². The maximum atomic E-state index is 12.6. The molecule has 12 heteroatoms. The molecule has 1 aliphatic rings. The van der Waals surface area contributed by atoms with Crippen molar-refractivity contribution in [2.75, 3.05) is 19.0 Å². The average molecular weight is 356 g/mol. The first-order valence-corrected chi connectivity index (χ1v) is 7.54. The third-order valence-electron chi connectivity index (χ3n) is 3.84. The monoisotopic (exact) mass is 356 g/mol. The molecule has 0 bridgehead atoms. The van der Waals surface area contributed by atoms with E-state index in [2.05, 4.69) is 31.0 Å². The van der Waals surface area contributed by atoms with E-state index in [0.717, 1.165) is 0 Å². The van der Waals surface area contributed by atoms with Gasteiger partial charge in [0.1, 0.15) is 11.1 Å². The Kier molecular flexibility index (Phi) is 3.57. The molecule has 132 valence electrons. The lowest BCUT2D eigenvalue weighted by molar-refractivity contribution is 0.0602. The van der Waals surface area contributed by atoms with Crippen LogP contribution in [0.4, 0.5) is 5.82 Å². The van der Waals surface area contributed by atoms with Gasteiger partial charge >= 0.3 is 5.97 Å². The number of methoxy groups -OCH3 is 1. The molecule has 0 aliphatic carbocycles. The number of hydrogen-bond acceptors (Lipinski definition) is 8. The van der Waals surface area contributed by atoms with Crippen molar-refractivity contribution >= 4 is 29.1 Å². The molecule has 3 aromatic heterocycles. The lowest BCUT2D eigenvalue weighted by Gasteiger charge is -2.13. The number of nitrogens with one attached hydrogen (secondary N) is 2. The summed E-state index contributed by atoms with van der Waals surface area (Å²) < 4.78 is 7.45. The van der Waals surface area contributed by atoms with E-state index >= 15 is 0 Å². The Morgan fingerprint density at radius 3 is 3.04 bits per heavy atom. The summed E-state index contributed by atoms with van der Waals surface area (Å²) in [5.74, 6) is -1.66. The number of fused-ring (bicyclic) bond motifs is 2. The van der Waals surface area contributed by atoms with Crippen LogP contribution in [0.1, 0.15) is 31.3 Å². The Morgan fingerprint density at radius 2 is 2.23 bits per heavy atom. The SMILES string of the molecule is COC(=O)c1cnn2ccnc(NC(=O)c3nnn4c3C(=O)NCC4)c12. The van der Waals surface area contributed by atoms with Crippen molar-refractivity contribution in [2.24, 2.45) is 0 Å². The molecule has 0 fully saturated rings. The summed E-state index contributed by atoms with van der Waals surface area (Å²) in [7, 11) is 1.24. The van der Waals surface area contributed by atoms with Crippen LogP contribution < -0.4 is 10.6 Å². The second-order valence-electron chi connectivity index (χ2n) is 5.34. The predicted molar refractivity (Wildman–Crippen MR) is 84.6 cm³/mol. The number of amides is 2. The van der Waals surface area contributed by atoms with Crippen LogP contribution in [0.25, 0.3) is 5.52 Å². The van der Waals surface area contributed by atoms with E-state index in [1.807, 2.05) is 0 Å². The first-order chi connectivity index (χ1) is 12.6. The van der Waals surface area contributed by atoms with E-state index in [0.29, 0.717) is 13.1 Å². The van der Waals surface area contributed by atoms with Crippen LogP contribution in [0.3, 0.4) is 0 Å². The molecular formula is C14H12N8O4.